The van der Waals surface area contributed by atoms with Crippen molar-refractivity contribution in [3.05, 3.63) is 24.2 Å². The van der Waals surface area contributed by atoms with Gasteiger partial charge in [-0.25, -0.2) is 4.79 Å². The van der Waals surface area contributed by atoms with E-state index in [1.807, 2.05) is 0 Å². The first-order valence-corrected chi connectivity index (χ1v) is 7.23. The van der Waals surface area contributed by atoms with Crippen molar-refractivity contribution in [1.29, 1.82) is 0 Å². The van der Waals surface area contributed by atoms with Crippen LogP contribution in [0.1, 0.15) is 44.2 Å². The normalized spacial score (nSPS) is 11.5. The van der Waals surface area contributed by atoms with Gasteiger partial charge in [-0.2, -0.15) is 0 Å². The van der Waals surface area contributed by atoms with E-state index in [-0.39, 0.29) is 11.7 Å². The van der Waals surface area contributed by atoms with Crippen LogP contribution in [-0.2, 0) is 4.74 Å². The lowest BCUT2D eigenvalue weighted by molar-refractivity contribution is -0.926. The molecule has 108 valence electrons. The third kappa shape index (κ3) is 4.71. The van der Waals surface area contributed by atoms with Crippen LogP contribution in [0.2, 0.25) is 0 Å². The largest absolute Gasteiger partial charge is 0.457 e. The Morgan fingerprint density at radius 3 is 2.37 bits per heavy atom. The zero-order valence-corrected chi connectivity index (χ0v) is 12.4. The number of likely N-dealkylation sites (N-methyl/N-ethyl adjacent to an activating group) is 1. The summed E-state index contributed by atoms with van der Waals surface area (Å²) in [5.41, 5.74) is 0. The minimum absolute atomic E-state index is 0.278. The Bertz CT molecular complexity index is 353. The second kappa shape index (κ2) is 8.00. The molecule has 4 heteroatoms. The van der Waals surface area contributed by atoms with E-state index in [1.54, 1.807) is 12.1 Å². The van der Waals surface area contributed by atoms with Crippen molar-refractivity contribution in [2.75, 3.05) is 32.8 Å². The number of carbonyl (C=O) groups excluding carboxylic acids is 1. The predicted molar refractivity (Wildman–Crippen MR) is 75.0 cm³/mol. The summed E-state index contributed by atoms with van der Waals surface area (Å²) in [6.45, 7) is 11.3. The maximum Gasteiger partial charge on any atom is 0.374 e. The first-order chi connectivity index (χ1) is 9.17. The molecule has 0 spiro atoms. The van der Waals surface area contributed by atoms with Gasteiger partial charge in [-0.3, -0.25) is 0 Å². The number of furan rings is 1. The van der Waals surface area contributed by atoms with Crippen molar-refractivity contribution in [2.24, 2.45) is 0 Å². The Morgan fingerprint density at radius 1 is 1.21 bits per heavy atom. The highest BCUT2D eigenvalue weighted by molar-refractivity contribution is 5.86. The molecule has 0 amide bonds. The standard InChI is InChI=1S/C15H26NO3/c1-4-9-16(6-3,10-5-2)11-13-19-15(17)14-8-7-12-18-14/h7-8,12H,4-6,9-11,13H2,1-3H3/q+1. The highest BCUT2D eigenvalue weighted by Crippen LogP contribution is 2.10. The summed E-state index contributed by atoms with van der Waals surface area (Å²) >= 11 is 0. The van der Waals surface area contributed by atoms with Crippen LogP contribution in [0.4, 0.5) is 0 Å². The lowest BCUT2D eigenvalue weighted by Crippen LogP contribution is -2.51. The molecule has 0 aliphatic carbocycles. The summed E-state index contributed by atoms with van der Waals surface area (Å²) in [6.07, 6.45) is 3.79. The minimum atomic E-state index is -0.368. The Morgan fingerprint density at radius 2 is 1.89 bits per heavy atom. The highest BCUT2D eigenvalue weighted by Gasteiger charge is 2.24. The summed E-state index contributed by atoms with van der Waals surface area (Å²) in [6, 6.07) is 3.32. The van der Waals surface area contributed by atoms with Crippen molar-refractivity contribution in [2.45, 2.75) is 33.6 Å². The number of ether oxygens (including phenoxy) is 1. The summed E-state index contributed by atoms with van der Waals surface area (Å²) in [7, 11) is 0. The van der Waals surface area contributed by atoms with Crippen LogP contribution in [0, 0.1) is 0 Å². The number of quaternary nitrogens is 1. The average Bonchev–Trinajstić information content (AvgIpc) is 2.93. The molecule has 0 saturated heterocycles. The molecule has 1 aromatic heterocycles. The smallest absolute Gasteiger partial charge is 0.374 e. The van der Waals surface area contributed by atoms with Crippen LogP contribution < -0.4 is 0 Å². The summed E-state index contributed by atoms with van der Waals surface area (Å²) in [5, 5.41) is 0. The quantitative estimate of drug-likeness (QED) is 0.510. The molecule has 1 heterocycles. The Labute approximate surface area is 115 Å². The lowest BCUT2D eigenvalue weighted by atomic mass is 10.2. The Kier molecular flexibility index (Phi) is 6.64. The van der Waals surface area contributed by atoms with Crippen LogP contribution in [0.15, 0.2) is 22.8 Å². The van der Waals surface area contributed by atoms with Gasteiger partial charge in [-0.15, -0.1) is 0 Å². The second-order valence-electron chi connectivity index (χ2n) is 4.94. The molecule has 4 nitrogen and oxygen atoms in total. The van der Waals surface area contributed by atoms with Crippen molar-refractivity contribution >= 4 is 5.97 Å². The fraction of sp³-hybridized carbons (Fsp3) is 0.667. The van der Waals surface area contributed by atoms with E-state index >= 15 is 0 Å². The van der Waals surface area contributed by atoms with Crippen molar-refractivity contribution in [1.82, 2.24) is 0 Å². The van der Waals surface area contributed by atoms with Crippen LogP contribution in [0.25, 0.3) is 0 Å². The maximum atomic E-state index is 11.7. The zero-order valence-electron chi connectivity index (χ0n) is 12.4. The predicted octanol–water partition coefficient (Wildman–Crippen LogP) is 3.09. The van der Waals surface area contributed by atoms with E-state index in [0.29, 0.717) is 6.61 Å². The van der Waals surface area contributed by atoms with Crippen molar-refractivity contribution < 1.29 is 18.4 Å². The Hall–Kier alpha value is -1.29. The molecule has 0 N–H and O–H groups in total. The molecule has 0 atom stereocenters. The van der Waals surface area contributed by atoms with Gasteiger partial charge in [0.15, 0.2) is 0 Å². The molecule has 0 aliphatic heterocycles. The molecule has 0 aliphatic rings. The first kappa shape index (κ1) is 15.8. The van der Waals surface area contributed by atoms with Gasteiger partial charge in [0.25, 0.3) is 0 Å². The third-order valence-electron chi connectivity index (χ3n) is 3.59. The molecule has 19 heavy (non-hydrogen) atoms. The number of nitrogens with zero attached hydrogens (tertiary/aromatic N) is 1. The van der Waals surface area contributed by atoms with Gasteiger partial charge in [0.05, 0.1) is 25.9 Å². The first-order valence-electron chi connectivity index (χ1n) is 7.23. The number of hydrogen-bond acceptors (Lipinski definition) is 3. The second-order valence-corrected chi connectivity index (χ2v) is 4.94. The zero-order chi connectivity index (χ0) is 14.1. The highest BCUT2D eigenvalue weighted by atomic mass is 16.5. The van der Waals surface area contributed by atoms with E-state index in [0.717, 1.165) is 43.5 Å². The van der Waals surface area contributed by atoms with E-state index < -0.39 is 0 Å². The van der Waals surface area contributed by atoms with E-state index in [1.165, 1.54) is 6.26 Å². The molecule has 0 bridgehead atoms. The molecule has 0 aromatic carbocycles. The van der Waals surface area contributed by atoms with Crippen molar-refractivity contribution in [3.8, 4) is 0 Å². The number of esters is 1. The molecular formula is C15H26NO3+. The van der Waals surface area contributed by atoms with Crippen molar-refractivity contribution in [3.63, 3.8) is 0 Å². The van der Waals surface area contributed by atoms with Gasteiger partial charge in [-0.1, -0.05) is 13.8 Å². The van der Waals surface area contributed by atoms with Gasteiger partial charge < -0.3 is 13.6 Å². The monoisotopic (exact) mass is 268 g/mol. The van der Waals surface area contributed by atoms with E-state index in [2.05, 4.69) is 20.8 Å². The van der Waals surface area contributed by atoms with E-state index in [9.17, 15) is 4.79 Å². The minimum Gasteiger partial charge on any atom is -0.457 e. The Balaban J connectivity index is 2.45. The van der Waals surface area contributed by atoms with Crippen LogP contribution in [0.5, 0.6) is 0 Å². The molecular weight excluding hydrogens is 242 g/mol. The topological polar surface area (TPSA) is 39.4 Å². The number of rotatable bonds is 9. The summed E-state index contributed by atoms with van der Waals surface area (Å²) < 4.78 is 11.3. The van der Waals surface area contributed by atoms with Gasteiger partial charge in [0.2, 0.25) is 5.76 Å². The number of carbonyl (C=O) groups is 1. The van der Waals surface area contributed by atoms with Gasteiger partial charge in [-0.05, 0) is 31.9 Å². The van der Waals surface area contributed by atoms with E-state index in [4.69, 9.17) is 9.15 Å². The molecule has 0 radical (unpaired) electrons. The molecule has 0 saturated carbocycles. The maximum absolute atomic E-state index is 11.7. The summed E-state index contributed by atoms with van der Waals surface area (Å²) in [4.78, 5) is 11.7. The van der Waals surface area contributed by atoms with Crippen LogP contribution >= 0.6 is 0 Å². The lowest BCUT2D eigenvalue weighted by Gasteiger charge is -2.37. The van der Waals surface area contributed by atoms with Crippen LogP contribution in [0.3, 0.4) is 0 Å². The molecule has 1 aromatic rings. The SMILES string of the molecule is CCC[N+](CC)(CCC)CCOC(=O)c1ccco1. The fourth-order valence-electron chi connectivity index (χ4n) is 2.56. The summed E-state index contributed by atoms with van der Waals surface area (Å²) in [5.74, 6) is -0.0900. The molecule has 0 unspecified atom stereocenters. The van der Waals surface area contributed by atoms with Gasteiger partial charge in [0.1, 0.15) is 13.2 Å². The average molecular weight is 268 g/mol. The number of hydrogen-bond donors (Lipinski definition) is 0. The molecule has 1 rings (SSSR count). The third-order valence-corrected chi connectivity index (χ3v) is 3.59. The molecule has 0 fully saturated rings. The van der Waals surface area contributed by atoms with Gasteiger partial charge >= 0.3 is 5.97 Å². The van der Waals surface area contributed by atoms with Crippen LogP contribution in [-0.4, -0.2) is 43.2 Å². The fourth-order valence-corrected chi connectivity index (χ4v) is 2.56. The van der Waals surface area contributed by atoms with Gasteiger partial charge in [0, 0.05) is 0 Å².